The second kappa shape index (κ2) is 5.66. The minimum Gasteiger partial charge on any atom is -0.368 e. The average Bonchev–Trinajstić information content (AvgIpc) is 3.28. The molecule has 1 amide bonds. The molecule has 0 saturated heterocycles. The van der Waals surface area contributed by atoms with Crippen LogP contribution in [-0.4, -0.2) is 28.2 Å². The number of primary amides is 1. The van der Waals surface area contributed by atoms with Crippen molar-refractivity contribution in [2.45, 2.75) is 42.3 Å². The van der Waals surface area contributed by atoms with Crippen molar-refractivity contribution in [3.8, 4) is 0 Å². The Bertz CT molecular complexity index is 502. The number of carbonyl (C=O) groups excluding carboxylic acids is 1. The van der Waals surface area contributed by atoms with Crippen LogP contribution in [0, 0.1) is 5.92 Å². The Kier molecular flexibility index (Phi) is 4.06. The van der Waals surface area contributed by atoms with Crippen LogP contribution in [0.25, 0.3) is 0 Å². The summed E-state index contributed by atoms with van der Waals surface area (Å²) in [6, 6.07) is 4.40. The second-order valence-corrected chi connectivity index (χ2v) is 7.54. The number of aromatic nitrogens is 1. The Morgan fingerprint density at radius 3 is 2.70 bits per heavy atom. The van der Waals surface area contributed by atoms with E-state index in [-0.39, 0.29) is 5.91 Å². The molecule has 0 bridgehead atoms. The largest absolute Gasteiger partial charge is 0.368 e. The number of hydrogen-bond acceptors (Lipinski definition) is 4. The number of nitrogens with one attached hydrogen (secondary N) is 1. The van der Waals surface area contributed by atoms with Crippen LogP contribution in [0.2, 0.25) is 0 Å². The molecule has 2 aliphatic carbocycles. The molecule has 1 unspecified atom stereocenters. The van der Waals surface area contributed by atoms with Gasteiger partial charge >= 0.3 is 0 Å². The van der Waals surface area contributed by atoms with Crippen LogP contribution in [0.5, 0.6) is 0 Å². The SMILES string of the molecule is NC(=O)C(CSc1ccc(Br)cn1)(NC1CC1)C1CC1. The molecular weight excluding hydrogens is 338 g/mol. The standard InChI is InChI=1S/C14H18BrN3OS/c15-10-3-6-12(17-7-10)20-8-14(13(16)19,9-1-2-9)18-11-4-5-11/h3,6-7,9,11,18H,1-2,4-5,8H2,(H2,16,19). The van der Waals surface area contributed by atoms with Gasteiger partial charge in [0.25, 0.3) is 0 Å². The van der Waals surface area contributed by atoms with Crippen LogP contribution in [0.3, 0.4) is 0 Å². The molecule has 0 radical (unpaired) electrons. The van der Waals surface area contributed by atoms with Crippen LogP contribution in [0.15, 0.2) is 27.8 Å². The van der Waals surface area contributed by atoms with Crippen LogP contribution in [0.1, 0.15) is 25.7 Å². The third kappa shape index (κ3) is 3.18. The van der Waals surface area contributed by atoms with Crippen molar-refractivity contribution in [3.05, 3.63) is 22.8 Å². The monoisotopic (exact) mass is 355 g/mol. The maximum absolute atomic E-state index is 12.1. The molecule has 1 aromatic heterocycles. The third-order valence-electron chi connectivity index (χ3n) is 3.90. The first-order chi connectivity index (χ1) is 9.60. The van der Waals surface area contributed by atoms with Crippen LogP contribution in [-0.2, 0) is 4.79 Å². The summed E-state index contributed by atoms with van der Waals surface area (Å²) in [5.41, 5.74) is 5.18. The molecular formula is C14H18BrN3OS. The number of rotatable bonds is 7. The normalized spacial score (nSPS) is 21.4. The number of halogens is 1. The molecule has 0 aliphatic heterocycles. The number of nitrogens with zero attached hydrogens (tertiary/aromatic N) is 1. The summed E-state index contributed by atoms with van der Waals surface area (Å²) < 4.78 is 0.960. The molecule has 1 aromatic rings. The molecule has 2 aliphatic rings. The van der Waals surface area contributed by atoms with E-state index in [9.17, 15) is 4.79 Å². The Hall–Kier alpha value is -0.590. The molecule has 3 N–H and O–H groups in total. The maximum atomic E-state index is 12.1. The molecule has 4 nitrogen and oxygen atoms in total. The number of carbonyl (C=O) groups is 1. The molecule has 108 valence electrons. The zero-order valence-electron chi connectivity index (χ0n) is 11.1. The first-order valence-electron chi connectivity index (χ1n) is 6.92. The van der Waals surface area contributed by atoms with Crippen molar-refractivity contribution in [2.24, 2.45) is 11.7 Å². The van der Waals surface area contributed by atoms with E-state index in [0.717, 1.165) is 35.2 Å². The molecule has 1 atom stereocenters. The van der Waals surface area contributed by atoms with Gasteiger partial charge in [0, 0.05) is 22.5 Å². The van der Waals surface area contributed by atoms with E-state index in [2.05, 4.69) is 26.2 Å². The fourth-order valence-electron chi connectivity index (χ4n) is 2.42. The Balaban J connectivity index is 1.71. The zero-order chi connectivity index (χ0) is 14.2. The second-order valence-electron chi connectivity index (χ2n) is 5.63. The van der Waals surface area contributed by atoms with E-state index in [1.807, 2.05) is 12.1 Å². The quantitative estimate of drug-likeness (QED) is 0.736. The summed E-state index contributed by atoms with van der Waals surface area (Å²) in [6.07, 6.45) is 6.28. The average molecular weight is 356 g/mol. The molecule has 20 heavy (non-hydrogen) atoms. The molecule has 0 aromatic carbocycles. The van der Waals surface area contributed by atoms with Gasteiger partial charge in [-0.15, -0.1) is 11.8 Å². The smallest absolute Gasteiger partial charge is 0.238 e. The van der Waals surface area contributed by atoms with E-state index in [4.69, 9.17) is 5.73 Å². The van der Waals surface area contributed by atoms with Crippen LogP contribution in [0.4, 0.5) is 0 Å². The summed E-state index contributed by atoms with van der Waals surface area (Å²) in [5, 5.41) is 4.44. The van der Waals surface area contributed by atoms with Crippen LogP contribution >= 0.6 is 27.7 Å². The number of pyridine rings is 1. The lowest BCUT2D eigenvalue weighted by molar-refractivity contribution is -0.124. The highest BCUT2D eigenvalue weighted by atomic mass is 79.9. The summed E-state index contributed by atoms with van der Waals surface area (Å²) >= 11 is 4.98. The highest BCUT2D eigenvalue weighted by Crippen LogP contribution is 2.43. The van der Waals surface area contributed by atoms with Gasteiger partial charge in [0.2, 0.25) is 5.91 Å². The minimum absolute atomic E-state index is 0.212. The number of amides is 1. The van der Waals surface area contributed by atoms with Crippen LogP contribution < -0.4 is 11.1 Å². The van der Waals surface area contributed by atoms with Gasteiger partial charge in [-0.05, 0) is 59.7 Å². The first kappa shape index (κ1) is 14.4. The summed E-state index contributed by atoms with van der Waals surface area (Å²) in [5.74, 6) is 0.845. The van der Waals surface area contributed by atoms with E-state index >= 15 is 0 Å². The van der Waals surface area contributed by atoms with Gasteiger partial charge in [0.15, 0.2) is 0 Å². The van der Waals surface area contributed by atoms with Gasteiger partial charge < -0.3 is 5.73 Å². The summed E-state index contributed by atoms with van der Waals surface area (Å²) in [7, 11) is 0. The molecule has 6 heteroatoms. The van der Waals surface area contributed by atoms with Crippen molar-refractivity contribution >= 4 is 33.6 Å². The Labute approximate surface area is 131 Å². The predicted octanol–water partition coefficient (Wildman–Crippen LogP) is 2.32. The van der Waals surface area contributed by atoms with Gasteiger partial charge in [-0.25, -0.2) is 4.98 Å². The number of nitrogens with two attached hydrogens (primary N) is 1. The molecule has 0 spiro atoms. The lowest BCUT2D eigenvalue weighted by atomic mass is 9.94. The third-order valence-corrected chi connectivity index (χ3v) is 5.51. The highest BCUT2D eigenvalue weighted by molar-refractivity contribution is 9.10. The van der Waals surface area contributed by atoms with E-state index in [1.54, 1.807) is 18.0 Å². The van der Waals surface area contributed by atoms with Gasteiger partial charge in [-0.3, -0.25) is 10.1 Å². The lowest BCUT2D eigenvalue weighted by Gasteiger charge is -2.31. The van der Waals surface area contributed by atoms with Gasteiger partial charge in [0.05, 0.1) is 5.03 Å². The molecule has 1 heterocycles. The molecule has 2 saturated carbocycles. The highest BCUT2D eigenvalue weighted by Gasteiger charge is 2.51. The Morgan fingerprint density at radius 1 is 1.45 bits per heavy atom. The van der Waals surface area contributed by atoms with Gasteiger partial charge in [-0.1, -0.05) is 0 Å². The van der Waals surface area contributed by atoms with Crippen molar-refractivity contribution in [3.63, 3.8) is 0 Å². The Morgan fingerprint density at radius 2 is 2.20 bits per heavy atom. The maximum Gasteiger partial charge on any atom is 0.238 e. The topological polar surface area (TPSA) is 68.0 Å². The van der Waals surface area contributed by atoms with E-state index in [1.165, 1.54) is 0 Å². The van der Waals surface area contributed by atoms with Gasteiger partial charge in [0.1, 0.15) is 5.54 Å². The fraction of sp³-hybridized carbons (Fsp3) is 0.571. The fourth-order valence-corrected chi connectivity index (χ4v) is 3.79. The van der Waals surface area contributed by atoms with Crippen molar-refractivity contribution in [2.75, 3.05) is 5.75 Å². The minimum atomic E-state index is -0.555. The molecule has 2 fully saturated rings. The van der Waals surface area contributed by atoms with E-state index < -0.39 is 5.54 Å². The predicted molar refractivity (Wildman–Crippen MR) is 83.5 cm³/mol. The lowest BCUT2D eigenvalue weighted by Crippen LogP contribution is -2.60. The van der Waals surface area contributed by atoms with Crippen molar-refractivity contribution in [1.29, 1.82) is 0 Å². The molecule has 3 rings (SSSR count). The summed E-state index contributed by atoms with van der Waals surface area (Å²) in [4.78, 5) is 16.4. The van der Waals surface area contributed by atoms with Gasteiger partial charge in [-0.2, -0.15) is 0 Å². The first-order valence-corrected chi connectivity index (χ1v) is 8.70. The van der Waals surface area contributed by atoms with Crippen molar-refractivity contribution < 1.29 is 4.79 Å². The number of thioether (sulfide) groups is 1. The van der Waals surface area contributed by atoms with Crippen molar-refractivity contribution in [1.82, 2.24) is 10.3 Å². The van der Waals surface area contributed by atoms with E-state index in [0.29, 0.717) is 17.7 Å². The zero-order valence-corrected chi connectivity index (χ0v) is 13.5. The number of hydrogen-bond donors (Lipinski definition) is 2. The summed E-state index contributed by atoms with van der Waals surface area (Å²) in [6.45, 7) is 0.